The molecule has 1 fully saturated rings. The van der Waals surface area contributed by atoms with Crippen molar-refractivity contribution in [1.29, 1.82) is 0 Å². The first-order valence-corrected chi connectivity index (χ1v) is 8.36. The molecule has 25 heavy (non-hydrogen) atoms. The summed E-state index contributed by atoms with van der Waals surface area (Å²) in [5.41, 5.74) is -0.0844. The molecule has 1 aromatic rings. The van der Waals surface area contributed by atoms with Gasteiger partial charge in [0.15, 0.2) is 17.3 Å². The molecule has 1 aliphatic rings. The minimum atomic E-state index is -1.30. The molecule has 2 heterocycles. The smallest absolute Gasteiger partial charge is 0.407 e. The highest BCUT2D eigenvalue weighted by molar-refractivity contribution is 6.31. The molecule has 0 radical (unpaired) electrons. The fourth-order valence-electron chi connectivity index (χ4n) is 2.60. The van der Waals surface area contributed by atoms with E-state index in [4.69, 9.17) is 16.3 Å². The lowest BCUT2D eigenvalue weighted by atomic mass is 10.0. The van der Waals surface area contributed by atoms with E-state index in [1.807, 2.05) is 0 Å². The highest BCUT2D eigenvalue weighted by atomic mass is 35.5. The number of piperidine rings is 1. The zero-order chi connectivity index (χ0) is 18.8. The number of carbonyl (C=O) groups is 2. The Bertz CT molecular complexity index is 666. The van der Waals surface area contributed by atoms with Crippen LogP contribution in [-0.2, 0) is 4.74 Å². The summed E-state index contributed by atoms with van der Waals surface area (Å²) >= 11 is 5.92. The second kappa shape index (κ2) is 7.51. The third kappa shape index (κ3) is 5.01. The Morgan fingerprint density at radius 2 is 2.12 bits per heavy atom. The van der Waals surface area contributed by atoms with Crippen LogP contribution in [0.1, 0.15) is 43.4 Å². The Morgan fingerprint density at radius 3 is 2.68 bits per heavy atom. The van der Waals surface area contributed by atoms with Gasteiger partial charge in [-0.3, -0.25) is 4.79 Å². The van der Waals surface area contributed by atoms with Gasteiger partial charge < -0.3 is 15.0 Å². The number of alkyl carbamates (subject to hydrolysis) is 1. The number of anilines is 1. The van der Waals surface area contributed by atoms with Crippen LogP contribution in [-0.4, -0.2) is 53.3 Å². The van der Waals surface area contributed by atoms with Crippen molar-refractivity contribution in [2.75, 3.05) is 18.0 Å². The molecule has 1 N–H and O–H groups in total. The summed E-state index contributed by atoms with van der Waals surface area (Å²) in [6.07, 6.45) is -1.02. The fourth-order valence-corrected chi connectivity index (χ4v) is 2.77. The third-order valence-electron chi connectivity index (χ3n) is 3.68. The van der Waals surface area contributed by atoms with Crippen molar-refractivity contribution >= 4 is 29.8 Å². The number of aryl methyl sites for hydroxylation is 1. The molecule has 138 valence electrons. The van der Waals surface area contributed by atoms with Gasteiger partial charge in [0.05, 0.1) is 18.3 Å². The Hall–Kier alpha value is -1.96. The van der Waals surface area contributed by atoms with Crippen LogP contribution in [0, 0.1) is 6.92 Å². The van der Waals surface area contributed by atoms with Gasteiger partial charge in [0, 0.05) is 6.54 Å². The molecule has 0 spiro atoms. The number of hydrogen-bond donors (Lipinski definition) is 1. The number of amides is 1. The van der Waals surface area contributed by atoms with Gasteiger partial charge in [-0.15, -0.1) is 0 Å². The molecule has 7 nitrogen and oxygen atoms in total. The van der Waals surface area contributed by atoms with E-state index in [2.05, 4.69) is 15.3 Å². The monoisotopic (exact) mass is 372 g/mol. The van der Waals surface area contributed by atoms with Crippen LogP contribution >= 0.6 is 11.6 Å². The van der Waals surface area contributed by atoms with Crippen LogP contribution in [0.5, 0.6) is 0 Å². The van der Waals surface area contributed by atoms with Crippen LogP contribution in [0.25, 0.3) is 0 Å². The second-order valence-corrected chi connectivity index (χ2v) is 7.29. The molecule has 0 aromatic carbocycles. The van der Waals surface area contributed by atoms with Crippen molar-refractivity contribution < 1.29 is 18.7 Å². The molecule has 9 heteroatoms. The number of hydrogen-bond acceptors (Lipinski definition) is 6. The molecule has 0 aliphatic carbocycles. The van der Waals surface area contributed by atoms with Gasteiger partial charge in [-0.1, -0.05) is 11.6 Å². The maximum absolute atomic E-state index is 14.5. The summed E-state index contributed by atoms with van der Waals surface area (Å²) in [6, 6.07) is -0.635. The van der Waals surface area contributed by atoms with E-state index in [-0.39, 0.29) is 17.4 Å². The summed E-state index contributed by atoms with van der Waals surface area (Å²) in [4.78, 5) is 32.6. The first-order chi connectivity index (χ1) is 11.6. The maximum atomic E-state index is 14.5. The van der Waals surface area contributed by atoms with E-state index >= 15 is 0 Å². The fraction of sp³-hybridized carbons (Fsp3) is 0.625. The minimum Gasteiger partial charge on any atom is -0.444 e. The van der Waals surface area contributed by atoms with E-state index in [1.54, 1.807) is 32.6 Å². The predicted molar refractivity (Wildman–Crippen MR) is 92.1 cm³/mol. The van der Waals surface area contributed by atoms with Crippen molar-refractivity contribution in [3.8, 4) is 0 Å². The Kier molecular flexibility index (Phi) is 5.82. The number of aldehydes is 1. The van der Waals surface area contributed by atoms with Crippen molar-refractivity contribution in [1.82, 2.24) is 15.3 Å². The predicted octanol–water partition coefficient (Wildman–Crippen LogP) is 2.69. The van der Waals surface area contributed by atoms with E-state index in [9.17, 15) is 14.0 Å². The number of alkyl halides is 1. The number of nitrogens with one attached hydrogen (secondary N) is 1. The molecular weight excluding hydrogens is 351 g/mol. The van der Waals surface area contributed by atoms with Gasteiger partial charge in [-0.2, -0.15) is 0 Å². The SMILES string of the molecule is Cc1nc(C=O)c(Cl)nc1N1CC[C@H](NC(=O)OC(C)(C)C)[C@H](F)C1. The topological polar surface area (TPSA) is 84.4 Å². The summed E-state index contributed by atoms with van der Waals surface area (Å²) in [7, 11) is 0. The normalized spacial score (nSPS) is 21.0. The van der Waals surface area contributed by atoms with Crippen LogP contribution in [0.4, 0.5) is 15.0 Å². The van der Waals surface area contributed by atoms with E-state index in [0.717, 1.165) is 0 Å². The van der Waals surface area contributed by atoms with Crippen LogP contribution < -0.4 is 10.2 Å². The number of ether oxygens (including phenoxy) is 1. The van der Waals surface area contributed by atoms with Gasteiger partial charge in [0.25, 0.3) is 0 Å². The molecular formula is C16H22ClFN4O3. The highest BCUT2D eigenvalue weighted by Crippen LogP contribution is 2.25. The molecule has 0 bridgehead atoms. The van der Waals surface area contributed by atoms with Crippen LogP contribution in [0.3, 0.4) is 0 Å². The molecule has 0 unspecified atom stereocenters. The third-order valence-corrected chi connectivity index (χ3v) is 3.96. The largest absolute Gasteiger partial charge is 0.444 e. The van der Waals surface area contributed by atoms with Crippen LogP contribution in [0.2, 0.25) is 5.15 Å². The number of carbonyl (C=O) groups excluding carboxylic acids is 2. The molecule has 1 amide bonds. The van der Waals surface area contributed by atoms with Crippen molar-refractivity contribution in [3.05, 3.63) is 16.5 Å². The van der Waals surface area contributed by atoms with Gasteiger partial charge in [0.2, 0.25) is 0 Å². The average Bonchev–Trinajstić information content (AvgIpc) is 2.49. The zero-order valence-electron chi connectivity index (χ0n) is 14.7. The van der Waals surface area contributed by atoms with Gasteiger partial charge in [-0.25, -0.2) is 19.2 Å². The standard InChI is InChI=1S/C16H22ClFN4O3/c1-9-14(21-13(17)12(8-23)19-9)22-6-5-11(10(18)7-22)20-15(24)25-16(2,3)4/h8,10-11H,5-7H2,1-4H3,(H,20,24)/t10-,11+/m1/s1. The molecule has 0 saturated carbocycles. The lowest BCUT2D eigenvalue weighted by Gasteiger charge is -2.36. The summed E-state index contributed by atoms with van der Waals surface area (Å²) < 4.78 is 19.7. The molecule has 1 aromatic heterocycles. The number of aromatic nitrogens is 2. The lowest BCUT2D eigenvalue weighted by molar-refractivity contribution is 0.0463. The highest BCUT2D eigenvalue weighted by Gasteiger charge is 2.33. The van der Waals surface area contributed by atoms with Crippen molar-refractivity contribution in [3.63, 3.8) is 0 Å². The number of halogens is 2. The average molecular weight is 373 g/mol. The zero-order valence-corrected chi connectivity index (χ0v) is 15.4. The van der Waals surface area contributed by atoms with Crippen LogP contribution in [0.15, 0.2) is 0 Å². The lowest BCUT2D eigenvalue weighted by Crippen LogP contribution is -2.53. The number of rotatable bonds is 3. The van der Waals surface area contributed by atoms with Gasteiger partial charge in [0.1, 0.15) is 17.5 Å². The molecule has 1 aliphatic heterocycles. The summed E-state index contributed by atoms with van der Waals surface area (Å²) in [5.74, 6) is 0.439. The molecule has 2 atom stereocenters. The number of nitrogens with zero attached hydrogens (tertiary/aromatic N) is 3. The Balaban J connectivity index is 2.03. The maximum Gasteiger partial charge on any atom is 0.407 e. The molecule has 1 saturated heterocycles. The Morgan fingerprint density at radius 1 is 1.44 bits per heavy atom. The molecule has 2 rings (SSSR count). The Labute approximate surface area is 150 Å². The summed E-state index contributed by atoms with van der Waals surface area (Å²) in [6.45, 7) is 7.42. The van der Waals surface area contributed by atoms with E-state index < -0.39 is 23.9 Å². The second-order valence-electron chi connectivity index (χ2n) is 6.93. The summed E-state index contributed by atoms with van der Waals surface area (Å²) in [5, 5.41) is 2.56. The van der Waals surface area contributed by atoms with Crippen molar-refractivity contribution in [2.45, 2.75) is 51.9 Å². The minimum absolute atomic E-state index is 0.0139. The van der Waals surface area contributed by atoms with Gasteiger partial charge >= 0.3 is 6.09 Å². The first kappa shape index (κ1) is 19.4. The van der Waals surface area contributed by atoms with Crippen molar-refractivity contribution in [2.24, 2.45) is 0 Å². The first-order valence-electron chi connectivity index (χ1n) is 7.98. The van der Waals surface area contributed by atoms with Gasteiger partial charge in [-0.05, 0) is 34.1 Å². The quantitative estimate of drug-likeness (QED) is 0.821. The van der Waals surface area contributed by atoms with E-state index in [1.165, 1.54) is 0 Å². The van der Waals surface area contributed by atoms with E-state index in [0.29, 0.717) is 30.8 Å².